The van der Waals surface area contributed by atoms with Crippen molar-refractivity contribution in [2.75, 3.05) is 17.6 Å². The van der Waals surface area contributed by atoms with Gasteiger partial charge in [-0.3, -0.25) is 4.79 Å². The van der Waals surface area contributed by atoms with E-state index in [-0.39, 0.29) is 10.8 Å². The van der Waals surface area contributed by atoms with E-state index in [1.165, 1.54) is 13.0 Å². The van der Waals surface area contributed by atoms with E-state index in [2.05, 4.69) is 10.0 Å². The minimum absolute atomic E-state index is 0.179. The third-order valence-corrected chi connectivity index (χ3v) is 5.82. The van der Waals surface area contributed by atoms with E-state index < -0.39 is 10.0 Å². The average Bonchev–Trinajstić information content (AvgIpc) is 2.54. The molecule has 0 radical (unpaired) electrons. The van der Waals surface area contributed by atoms with Gasteiger partial charge in [0.15, 0.2) is 0 Å². The summed E-state index contributed by atoms with van der Waals surface area (Å²) >= 11 is 1.59. The first-order valence-electron chi connectivity index (χ1n) is 7.44. The number of anilines is 1. The van der Waals surface area contributed by atoms with Crippen LogP contribution in [0.15, 0.2) is 58.3 Å². The van der Waals surface area contributed by atoms with Gasteiger partial charge in [-0.05, 0) is 36.8 Å². The number of rotatable bonds is 7. The van der Waals surface area contributed by atoms with Crippen LogP contribution in [0.2, 0.25) is 0 Å². The molecule has 0 aliphatic carbocycles. The summed E-state index contributed by atoms with van der Waals surface area (Å²) in [6.07, 6.45) is 0. The molecule has 0 heterocycles. The number of carbonyl (C=O) groups excluding carboxylic acids is 1. The normalized spacial score (nSPS) is 11.2. The molecule has 128 valence electrons. The van der Waals surface area contributed by atoms with Gasteiger partial charge in [0.05, 0.1) is 4.90 Å². The maximum Gasteiger partial charge on any atom is 0.240 e. The summed E-state index contributed by atoms with van der Waals surface area (Å²) in [4.78, 5) is 12.4. The molecule has 2 N–H and O–H groups in total. The number of nitrogens with one attached hydrogen (secondary N) is 2. The molecule has 0 aliphatic heterocycles. The molecule has 0 spiro atoms. The number of thioether (sulfide) groups is 1. The van der Waals surface area contributed by atoms with E-state index in [1.807, 2.05) is 30.3 Å². The fourth-order valence-corrected chi connectivity index (χ4v) is 4.33. The monoisotopic (exact) mass is 364 g/mol. The Balaban J connectivity index is 2.00. The van der Waals surface area contributed by atoms with Crippen LogP contribution in [0.4, 0.5) is 5.69 Å². The van der Waals surface area contributed by atoms with Gasteiger partial charge in [0, 0.05) is 29.8 Å². The topological polar surface area (TPSA) is 75.3 Å². The lowest BCUT2D eigenvalue weighted by Crippen LogP contribution is -2.26. The first-order valence-corrected chi connectivity index (χ1v) is 9.91. The van der Waals surface area contributed by atoms with Gasteiger partial charge in [-0.1, -0.05) is 24.3 Å². The molecule has 0 aromatic heterocycles. The van der Waals surface area contributed by atoms with Crippen molar-refractivity contribution in [1.29, 1.82) is 0 Å². The number of hydrogen-bond acceptors (Lipinski definition) is 4. The Morgan fingerprint density at radius 3 is 2.50 bits per heavy atom. The highest BCUT2D eigenvalue weighted by molar-refractivity contribution is 7.99. The van der Waals surface area contributed by atoms with Gasteiger partial charge in [-0.2, -0.15) is 0 Å². The molecule has 2 aromatic carbocycles. The molecule has 1 amide bonds. The van der Waals surface area contributed by atoms with Gasteiger partial charge >= 0.3 is 0 Å². The van der Waals surface area contributed by atoms with Crippen molar-refractivity contribution in [1.82, 2.24) is 4.72 Å². The van der Waals surface area contributed by atoms with E-state index in [0.717, 1.165) is 4.90 Å². The number of benzene rings is 2. The highest BCUT2D eigenvalue weighted by Crippen LogP contribution is 2.21. The van der Waals surface area contributed by atoms with Crippen molar-refractivity contribution in [3.63, 3.8) is 0 Å². The van der Waals surface area contributed by atoms with E-state index >= 15 is 0 Å². The molecule has 24 heavy (non-hydrogen) atoms. The van der Waals surface area contributed by atoms with Crippen LogP contribution in [-0.4, -0.2) is 26.6 Å². The SMILES string of the molecule is CC(=O)Nc1ccc(C)c(S(=O)(=O)NCCSc2ccccc2)c1. The van der Waals surface area contributed by atoms with Crippen molar-refractivity contribution in [2.45, 2.75) is 23.6 Å². The van der Waals surface area contributed by atoms with Gasteiger partial charge in [-0.15, -0.1) is 11.8 Å². The minimum Gasteiger partial charge on any atom is -0.326 e. The van der Waals surface area contributed by atoms with Gasteiger partial charge in [-0.25, -0.2) is 13.1 Å². The highest BCUT2D eigenvalue weighted by atomic mass is 32.2. The predicted octanol–water partition coefficient (Wildman–Crippen LogP) is 3.02. The molecular weight excluding hydrogens is 344 g/mol. The maximum absolute atomic E-state index is 12.5. The van der Waals surface area contributed by atoms with Crippen LogP contribution in [0.25, 0.3) is 0 Å². The van der Waals surface area contributed by atoms with Crippen LogP contribution in [0.1, 0.15) is 12.5 Å². The fraction of sp³-hybridized carbons (Fsp3) is 0.235. The van der Waals surface area contributed by atoms with Crippen molar-refractivity contribution in [2.24, 2.45) is 0 Å². The molecule has 0 fully saturated rings. The van der Waals surface area contributed by atoms with Gasteiger partial charge < -0.3 is 5.32 Å². The predicted molar refractivity (Wildman–Crippen MR) is 97.8 cm³/mol. The number of carbonyl (C=O) groups is 1. The zero-order chi connectivity index (χ0) is 17.6. The summed E-state index contributed by atoms with van der Waals surface area (Å²) < 4.78 is 27.5. The van der Waals surface area contributed by atoms with E-state index in [0.29, 0.717) is 23.5 Å². The Morgan fingerprint density at radius 2 is 1.83 bits per heavy atom. The summed E-state index contributed by atoms with van der Waals surface area (Å²) in [5.74, 6) is 0.391. The van der Waals surface area contributed by atoms with Crippen molar-refractivity contribution < 1.29 is 13.2 Å². The molecule has 0 aliphatic rings. The Kier molecular flexibility index (Phi) is 6.42. The van der Waals surface area contributed by atoms with Crippen LogP contribution in [0, 0.1) is 6.92 Å². The van der Waals surface area contributed by atoms with E-state index in [1.54, 1.807) is 30.8 Å². The van der Waals surface area contributed by atoms with E-state index in [9.17, 15) is 13.2 Å². The second-order valence-electron chi connectivity index (χ2n) is 5.22. The standard InChI is InChI=1S/C17H20N2O3S2/c1-13-8-9-15(19-14(2)20)12-17(13)24(21,22)18-10-11-23-16-6-4-3-5-7-16/h3-9,12,18H,10-11H2,1-2H3,(H,19,20). The van der Waals surface area contributed by atoms with Crippen molar-refractivity contribution in [3.8, 4) is 0 Å². The summed E-state index contributed by atoms with van der Waals surface area (Å²) in [7, 11) is -3.62. The van der Waals surface area contributed by atoms with Crippen LogP contribution < -0.4 is 10.0 Å². The third-order valence-electron chi connectivity index (χ3n) is 3.20. The molecule has 0 saturated carbocycles. The number of aryl methyl sites for hydroxylation is 1. The Hall–Kier alpha value is -1.83. The molecule has 0 atom stereocenters. The molecule has 0 saturated heterocycles. The van der Waals surface area contributed by atoms with Crippen LogP contribution >= 0.6 is 11.8 Å². The van der Waals surface area contributed by atoms with Crippen LogP contribution in [0.5, 0.6) is 0 Å². The highest BCUT2D eigenvalue weighted by Gasteiger charge is 2.17. The summed E-state index contributed by atoms with van der Waals surface area (Å²) in [6, 6.07) is 14.6. The average molecular weight is 364 g/mol. The molecule has 5 nitrogen and oxygen atoms in total. The van der Waals surface area contributed by atoms with Gasteiger partial charge in [0.25, 0.3) is 0 Å². The second-order valence-corrected chi connectivity index (χ2v) is 8.12. The van der Waals surface area contributed by atoms with Crippen LogP contribution in [0.3, 0.4) is 0 Å². The zero-order valence-corrected chi connectivity index (χ0v) is 15.2. The lowest BCUT2D eigenvalue weighted by molar-refractivity contribution is -0.114. The molecular formula is C17H20N2O3S2. The third kappa shape index (κ3) is 5.36. The molecule has 0 unspecified atom stereocenters. The number of hydrogen-bond donors (Lipinski definition) is 2. The number of sulfonamides is 1. The van der Waals surface area contributed by atoms with Crippen molar-refractivity contribution >= 4 is 33.4 Å². The first kappa shape index (κ1) is 18.5. The van der Waals surface area contributed by atoms with E-state index in [4.69, 9.17) is 0 Å². The molecule has 2 aromatic rings. The lowest BCUT2D eigenvalue weighted by Gasteiger charge is -2.11. The van der Waals surface area contributed by atoms with Gasteiger partial charge in [0.1, 0.15) is 0 Å². The smallest absolute Gasteiger partial charge is 0.240 e. The quantitative estimate of drug-likeness (QED) is 0.585. The Morgan fingerprint density at radius 1 is 1.12 bits per heavy atom. The number of amides is 1. The van der Waals surface area contributed by atoms with Crippen LogP contribution in [-0.2, 0) is 14.8 Å². The largest absolute Gasteiger partial charge is 0.326 e. The molecule has 0 bridgehead atoms. The summed E-state index contributed by atoms with van der Waals surface area (Å²) in [5, 5.41) is 2.60. The maximum atomic E-state index is 12.5. The molecule has 7 heteroatoms. The van der Waals surface area contributed by atoms with Crippen molar-refractivity contribution in [3.05, 3.63) is 54.1 Å². The molecule has 2 rings (SSSR count). The fourth-order valence-electron chi connectivity index (χ4n) is 2.11. The Labute approximate surface area is 146 Å². The zero-order valence-electron chi connectivity index (χ0n) is 13.6. The van der Waals surface area contributed by atoms with Gasteiger partial charge in [0.2, 0.25) is 15.9 Å². The lowest BCUT2D eigenvalue weighted by atomic mass is 10.2. The Bertz CT molecular complexity index is 806. The summed E-state index contributed by atoms with van der Waals surface area (Å²) in [6.45, 7) is 3.43. The summed E-state index contributed by atoms with van der Waals surface area (Å²) in [5.41, 5.74) is 1.10. The minimum atomic E-state index is -3.62. The second kappa shape index (κ2) is 8.32. The first-order chi connectivity index (χ1) is 11.4.